The van der Waals surface area contributed by atoms with Crippen LogP contribution in [0.4, 0.5) is 0 Å². The molecular weight excluding hydrogens is 323 g/mol. The zero-order valence-electron chi connectivity index (χ0n) is 8.13. The second-order valence-electron chi connectivity index (χ2n) is 3.07. The Morgan fingerprint density at radius 3 is 2.86 bits per heavy atom. The first-order valence-electron chi connectivity index (χ1n) is 4.50. The van der Waals surface area contributed by atoms with Gasteiger partial charge in [-0.1, -0.05) is 13.0 Å². The predicted molar refractivity (Wildman–Crippen MR) is 75.7 cm³/mol. The fraction of sp³-hybridized carbons (Fsp3) is 0.273. The summed E-state index contributed by atoms with van der Waals surface area (Å²) in [6.07, 6.45) is 3.27. The van der Waals surface area contributed by atoms with Gasteiger partial charge in [0.05, 0.1) is 0 Å². The molecule has 74 valence electrons. The maximum atomic E-state index is 2.43. The fourth-order valence-electron chi connectivity index (χ4n) is 1.59. The molecule has 1 aromatic carbocycles. The van der Waals surface area contributed by atoms with E-state index in [1.54, 1.807) is 0 Å². The molecule has 0 unspecified atom stereocenters. The van der Waals surface area contributed by atoms with Gasteiger partial charge in [-0.05, 0) is 46.9 Å². The van der Waals surface area contributed by atoms with Crippen LogP contribution >= 0.6 is 45.7 Å². The Morgan fingerprint density at radius 1 is 1.43 bits per heavy atom. The van der Waals surface area contributed by atoms with Crippen LogP contribution < -0.4 is 0 Å². The number of hydrogen-bond acceptors (Lipinski definition) is 2. The lowest BCUT2D eigenvalue weighted by Crippen LogP contribution is -1.82. The van der Waals surface area contributed by atoms with Crippen molar-refractivity contribution >= 4 is 55.8 Å². The maximum Gasteiger partial charge on any atom is 0.0396 e. The first-order chi connectivity index (χ1) is 6.77. The van der Waals surface area contributed by atoms with Crippen LogP contribution in [0, 0.1) is 3.57 Å². The van der Waals surface area contributed by atoms with E-state index in [1.165, 1.54) is 24.1 Å². The number of thioether (sulfide) groups is 1. The monoisotopic (exact) mass is 334 g/mol. The molecule has 0 amide bonds. The largest absolute Gasteiger partial charge is 0.142 e. The summed E-state index contributed by atoms with van der Waals surface area (Å²) < 4.78 is 2.87. The van der Waals surface area contributed by atoms with E-state index in [0.717, 1.165) is 6.42 Å². The smallest absolute Gasteiger partial charge is 0.0396 e. The van der Waals surface area contributed by atoms with E-state index in [4.69, 9.17) is 0 Å². The summed E-state index contributed by atoms with van der Waals surface area (Å²) in [4.78, 5) is 1.41. The molecule has 0 radical (unpaired) electrons. The average Bonchev–Trinajstić information content (AvgIpc) is 2.60. The first kappa shape index (κ1) is 10.8. The molecule has 0 saturated carbocycles. The molecule has 2 rings (SSSR count). The summed E-state index contributed by atoms with van der Waals surface area (Å²) >= 11 is 6.14. The number of halogens is 1. The van der Waals surface area contributed by atoms with Gasteiger partial charge in [-0.15, -0.1) is 23.1 Å². The van der Waals surface area contributed by atoms with Crippen molar-refractivity contribution in [3.05, 3.63) is 26.6 Å². The number of thiophene rings is 1. The van der Waals surface area contributed by atoms with E-state index in [-0.39, 0.29) is 0 Å². The van der Waals surface area contributed by atoms with E-state index >= 15 is 0 Å². The Bertz CT molecular complexity index is 460. The van der Waals surface area contributed by atoms with Crippen molar-refractivity contribution in [3.63, 3.8) is 0 Å². The molecule has 0 aliphatic heterocycles. The Hall–Kier alpha value is 0.260. The lowest BCUT2D eigenvalue weighted by molar-refractivity contribution is 1.16. The summed E-state index contributed by atoms with van der Waals surface area (Å²) in [6.45, 7) is 2.22. The van der Waals surface area contributed by atoms with Crippen molar-refractivity contribution < 1.29 is 0 Å². The molecule has 14 heavy (non-hydrogen) atoms. The van der Waals surface area contributed by atoms with Crippen molar-refractivity contribution in [1.82, 2.24) is 0 Å². The topological polar surface area (TPSA) is 0 Å². The second-order valence-corrected chi connectivity index (χ2v) is 5.96. The van der Waals surface area contributed by atoms with Gasteiger partial charge in [0.2, 0.25) is 0 Å². The van der Waals surface area contributed by atoms with Crippen LogP contribution in [0.5, 0.6) is 0 Å². The molecule has 0 saturated heterocycles. The number of rotatable bonds is 2. The van der Waals surface area contributed by atoms with Crippen LogP contribution in [0.25, 0.3) is 10.1 Å². The molecule has 0 fully saturated rings. The van der Waals surface area contributed by atoms with Gasteiger partial charge in [0.15, 0.2) is 0 Å². The van der Waals surface area contributed by atoms with E-state index in [0.29, 0.717) is 0 Å². The van der Waals surface area contributed by atoms with Gasteiger partial charge in [-0.3, -0.25) is 0 Å². The van der Waals surface area contributed by atoms with Crippen molar-refractivity contribution in [2.75, 3.05) is 6.26 Å². The average molecular weight is 334 g/mol. The maximum absolute atomic E-state index is 2.43. The SMILES string of the molecule is CCc1ccc(SC)c2c(I)csc12. The minimum atomic E-state index is 1.13. The Kier molecular flexibility index (Phi) is 3.39. The molecule has 0 spiro atoms. The van der Waals surface area contributed by atoms with Gasteiger partial charge in [0.25, 0.3) is 0 Å². The molecule has 0 N–H and O–H groups in total. The Morgan fingerprint density at radius 2 is 2.21 bits per heavy atom. The normalized spacial score (nSPS) is 11.1. The zero-order valence-corrected chi connectivity index (χ0v) is 11.9. The number of hydrogen-bond donors (Lipinski definition) is 0. The van der Waals surface area contributed by atoms with E-state index in [1.807, 2.05) is 23.1 Å². The van der Waals surface area contributed by atoms with Crippen molar-refractivity contribution in [3.8, 4) is 0 Å². The molecule has 0 nitrogen and oxygen atoms in total. The van der Waals surface area contributed by atoms with Crippen molar-refractivity contribution in [1.29, 1.82) is 0 Å². The van der Waals surface area contributed by atoms with Gasteiger partial charge >= 0.3 is 0 Å². The van der Waals surface area contributed by atoms with E-state index in [9.17, 15) is 0 Å². The number of fused-ring (bicyclic) bond motifs is 1. The first-order valence-corrected chi connectivity index (χ1v) is 7.68. The summed E-state index contributed by atoms with van der Waals surface area (Å²) in [5.74, 6) is 0. The minimum absolute atomic E-state index is 1.13. The van der Waals surface area contributed by atoms with E-state index < -0.39 is 0 Å². The molecule has 2 aromatic rings. The lowest BCUT2D eigenvalue weighted by atomic mass is 10.1. The number of benzene rings is 1. The lowest BCUT2D eigenvalue weighted by Gasteiger charge is -2.04. The van der Waals surface area contributed by atoms with Crippen LogP contribution in [0.1, 0.15) is 12.5 Å². The van der Waals surface area contributed by atoms with Crippen LogP contribution in [-0.2, 0) is 6.42 Å². The standard InChI is InChI=1S/C11H11IS2/c1-3-7-4-5-9(13-2)10-8(12)6-14-11(7)10/h4-6H,3H2,1-2H3. The zero-order chi connectivity index (χ0) is 10.1. The highest BCUT2D eigenvalue weighted by Gasteiger charge is 2.09. The highest BCUT2D eigenvalue weighted by molar-refractivity contribution is 14.1. The Labute approximate surface area is 106 Å². The van der Waals surface area contributed by atoms with Gasteiger partial charge in [0.1, 0.15) is 0 Å². The van der Waals surface area contributed by atoms with Gasteiger partial charge in [-0.25, -0.2) is 0 Å². The molecule has 1 heterocycles. The third-order valence-corrected chi connectivity index (χ3v) is 5.43. The summed E-state index contributed by atoms with van der Waals surface area (Å²) in [6, 6.07) is 4.52. The molecule has 3 heteroatoms. The predicted octanol–water partition coefficient (Wildman–Crippen LogP) is 4.79. The summed E-state index contributed by atoms with van der Waals surface area (Å²) in [7, 11) is 0. The van der Waals surface area contributed by atoms with Crippen LogP contribution in [0.15, 0.2) is 22.4 Å². The molecule has 0 aliphatic rings. The van der Waals surface area contributed by atoms with Gasteiger partial charge in [0, 0.05) is 23.9 Å². The fourth-order valence-corrected chi connectivity index (χ4v) is 4.62. The minimum Gasteiger partial charge on any atom is -0.142 e. The van der Waals surface area contributed by atoms with Crippen molar-refractivity contribution in [2.24, 2.45) is 0 Å². The molecular formula is C11H11IS2. The van der Waals surface area contributed by atoms with Gasteiger partial charge in [-0.2, -0.15) is 0 Å². The van der Waals surface area contributed by atoms with E-state index in [2.05, 4.69) is 53.3 Å². The molecule has 1 aromatic heterocycles. The second kappa shape index (κ2) is 4.41. The van der Waals surface area contributed by atoms with Gasteiger partial charge < -0.3 is 0 Å². The molecule has 0 atom stereocenters. The van der Waals surface area contributed by atoms with Crippen LogP contribution in [0.3, 0.4) is 0 Å². The van der Waals surface area contributed by atoms with Crippen LogP contribution in [0.2, 0.25) is 0 Å². The third kappa shape index (κ3) is 1.70. The highest BCUT2D eigenvalue weighted by Crippen LogP contribution is 2.36. The number of aryl methyl sites for hydroxylation is 1. The quantitative estimate of drug-likeness (QED) is 0.562. The third-order valence-electron chi connectivity index (χ3n) is 2.32. The summed E-state index contributed by atoms with van der Waals surface area (Å²) in [5, 5.41) is 3.71. The highest BCUT2D eigenvalue weighted by atomic mass is 127. The molecule has 0 aliphatic carbocycles. The van der Waals surface area contributed by atoms with Crippen molar-refractivity contribution in [2.45, 2.75) is 18.2 Å². The Balaban J connectivity index is 2.81. The summed E-state index contributed by atoms with van der Waals surface area (Å²) in [5.41, 5.74) is 1.48. The molecule has 0 bridgehead atoms. The van der Waals surface area contributed by atoms with Crippen LogP contribution in [-0.4, -0.2) is 6.26 Å².